The maximum atomic E-state index is 11.5. The summed E-state index contributed by atoms with van der Waals surface area (Å²) in [4.78, 5) is 11.5. The molecule has 0 saturated carbocycles. The fraction of sp³-hybridized carbons (Fsp3) is 0.333. The van der Waals surface area contributed by atoms with Gasteiger partial charge >= 0.3 is 5.97 Å². The Hall–Kier alpha value is -2.70. The van der Waals surface area contributed by atoms with Crippen LogP contribution in [0.15, 0.2) is 28.8 Å². The van der Waals surface area contributed by atoms with Gasteiger partial charge in [0, 0.05) is 30.0 Å². The van der Waals surface area contributed by atoms with Crippen LogP contribution in [0, 0.1) is 0 Å². The maximum Gasteiger partial charge on any atom is 0.360 e. The normalized spacial score (nSPS) is 10.1. The topological polar surface area (TPSA) is 82.8 Å². The Morgan fingerprint density at radius 2 is 1.86 bits per heavy atom. The van der Waals surface area contributed by atoms with E-state index in [0.29, 0.717) is 30.4 Å². The monoisotopic (exact) mass is 306 g/mol. The Morgan fingerprint density at radius 3 is 2.45 bits per heavy atom. The van der Waals surface area contributed by atoms with Crippen LogP contribution in [0.4, 0.5) is 5.69 Å². The Kier molecular flexibility index (Phi) is 5.24. The van der Waals surface area contributed by atoms with Crippen molar-refractivity contribution >= 4 is 11.7 Å². The molecule has 22 heavy (non-hydrogen) atoms. The van der Waals surface area contributed by atoms with Crippen LogP contribution in [0.3, 0.4) is 0 Å². The summed E-state index contributed by atoms with van der Waals surface area (Å²) in [6.45, 7) is 2.39. The fourth-order valence-electron chi connectivity index (χ4n) is 1.80. The Balaban J connectivity index is 2.02. The van der Waals surface area contributed by atoms with Crippen molar-refractivity contribution in [2.45, 2.75) is 13.5 Å². The quantitative estimate of drug-likeness (QED) is 0.787. The number of hydrogen-bond acceptors (Lipinski definition) is 7. The summed E-state index contributed by atoms with van der Waals surface area (Å²) in [6.07, 6.45) is 0. The fourth-order valence-corrected chi connectivity index (χ4v) is 1.80. The Labute approximate surface area is 128 Å². The van der Waals surface area contributed by atoms with Crippen LogP contribution in [0.25, 0.3) is 0 Å². The van der Waals surface area contributed by atoms with Gasteiger partial charge in [-0.25, -0.2) is 4.79 Å². The molecule has 118 valence electrons. The van der Waals surface area contributed by atoms with E-state index in [4.69, 9.17) is 18.7 Å². The summed E-state index contributed by atoms with van der Waals surface area (Å²) in [5.74, 6) is 1.36. The zero-order valence-electron chi connectivity index (χ0n) is 12.7. The molecule has 0 aliphatic carbocycles. The zero-order valence-corrected chi connectivity index (χ0v) is 12.7. The van der Waals surface area contributed by atoms with Crippen molar-refractivity contribution in [3.63, 3.8) is 0 Å². The van der Waals surface area contributed by atoms with E-state index in [1.165, 1.54) is 0 Å². The van der Waals surface area contributed by atoms with Crippen molar-refractivity contribution in [2.75, 3.05) is 26.1 Å². The lowest BCUT2D eigenvalue weighted by molar-refractivity contribution is 0.0514. The first-order valence-corrected chi connectivity index (χ1v) is 6.76. The minimum absolute atomic E-state index is 0.155. The van der Waals surface area contributed by atoms with Crippen LogP contribution in [-0.2, 0) is 11.3 Å². The summed E-state index contributed by atoms with van der Waals surface area (Å²) in [5.41, 5.74) is 0.951. The average Bonchev–Trinajstić information content (AvgIpc) is 3.02. The molecule has 0 aliphatic heterocycles. The van der Waals surface area contributed by atoms with Crippen molar-refractivity contribution in [2.24, 2.45) is 0 Å². The third-order valence-corrected chi connectivity index (χ3v) is 2.86. The molecule has 0 radical (unpaired) electrons. The van der Waals surface area contributed by atoms with Crippen LogP contribution in [0.1, 0.15) is 23.2 Å². The minimum Gasteiger partial charge on any atom is -0.497 e. The molecule has 0 unspecified atom stereocenters. The molecule has 0 bridgehead atoms. The van der Waals surface area contributed by atoms with Crippen LogP contribution in [-0.4, -0.2) is 32.0 Å². The van der Waals surface area contributed by atoms with E-state index in [1.54, 1.807) is 33.3 Å². The maximum absolute atomic E-state index is 11.5. The number of anilines is 1. The number of ether oxygens (including phenoxy) is 3. The summed E-state index contributed by atoms with van der Waals surface area (Å²) < 4.78 is 20.3. The van der Waals surface area contributed by atoms with Gasteiger partial charge in [0.15, 0.2) is 11.5 Å². The molecule has 7 heteroatoms. The number of nitrogens with one attached hydrogen (secondary N) is 1. The van der Waals surface area contributed by atoms with Gasteiger partial charge < -0.3 is 24.1 Å². The predicted octanol–water partition coefficient (Wildman–Crippen LogP) is 2.48. The molecule has 2 aromatic rings. The van der Waals surface area contributed by atoms with Gasteiger partial charge in [0.2, 0.25) is 0 Å². The van der Waals surface area contributed by atoms with E-state index >= 15 is 0 Å². The SMILES string of the molecule is CCOC(=O)c1cc(CNc2cc(OC)cc(OC)c2)on1. The van der Waals surface area contributed by atoms with Gasteiger partial charge in [-0.2, -0.15) is 0 Å². The summed E-state index contributed by atoms with van der Waals surface area (Å²) in [7, 11) is 3.17. The Morgan fingerprint density at radius 1 is 1.18 bits per heavy atom. The summed E-state index contributed by atoms with van der Waals surface area (Å²) in [5, 5.41) is 6.82. The molecular formula is C15H18N2O5. The van der Waals surface area contributed by atoms with Crippen molar-refractivity contribution in [1.29, 1.82) is 0 Å². The van der Waals surface area contributed by atoms with Crippen molar-refractivity contribution < 1.29 is 23.5 Å². The van der Waals surface area contributed by atoms with E-state index in [9.17, 15) is 4.79 Å². The van der Waals surface area contributed by atoms with Gasteiger partial charge in [0.25, 0.3) is 0 Å². The Bertz CT molecular complexity index is 616. The van der Waals surface area contributed by atoms with E-state index in [0.717, 1.165) is 5.69 Å². The first kappa shape index (κ1) is 15.7. The molecule has 0 spiro atoms. The van der Waals surface area contributed by atoms with Crippen LogP contribution in [0.5, 0.6) is 11.5 Å². The van der Waals surface area contributed by atoms with Gasteiger partial charge in [-0.05, 0) is 6.92 Å². The molecule has 1 aromatic carbocycles. The highest BCUT2D eigenvalue weighted by Crippen LogP contribution is 2.26. The molecule has 0 atom stereocenters. The van der Waals surface area contributed by atoms with Crippen LogP contribution < -0.4 is 14.8 Å². The second-order valence-corrected chi connectivity index (χ2v) is 4.35. The minimum atomic E-state index is -0.499. The number of methoxy groups -OCH3 is 2. The summed E-state index contributed by atoms with van der Waals surface area (Å²) >= 11 is 0. The van der Waals surface area contributed by atoms with Gasteiger partial charge in [0.05, 0.1) is 27.4 Å². The number of carbonyl (C=O) groups is 1. The summed E-state index contributed by atoms with van der Waals surface area (Å²) in [6, 6.07) is 6.97. The average molecular weight is 306 g/mol. The number of nitrogens with zero attached hydrogens (tertiary/aromatic N) is 1. The number of rotatable bonds is 7. The number of aromatic nitrogens is 1. The van der Waals surface area contributed by atoms with E-state index < -0.39 is 5.97 Å². The lowest BCUT2D eigenvalue weighted by Crippen LogP contribution is -2.04. The van der Waals surface area contributed by atoms with Crippen molar-refractivity contribution in [3.05, 3.63) is 35.7 Å². The molecule has 0 aliphatic rings. The third-order valence-electron chi connectivity index (χ3n) is 2.86. The van der Waals surface area contributed by atoms with Gasteiger partial charge in [-0.1, -0.05) is 5.16 Å². The second-order valence-electron chi connectivity index (χ2n) is 4.35. The first-order valence-electron chi connectivity index (χ1n) is 6.76. The molecule has 0 fully saturated rings. The van der Waals surface area contributed by atoms with Crippen molar-refractivity contribution in [1.82, 2.24) is 5.16 Å². The first-order chi connectivity index (χ1) is 10.7. The number of esters is 1. The molecule has 1 aromatic heterocycles. The molecular weight excluding hydrogens is 288 g/mol. The number of hydrogen-bond donors (Lipinski definition) is 1. The standard InChI is InChI=1S/C15H18N2O5/c1-4-21-15(18)14-8-13(22-17-14)9-16-10-5-11(19-2)7-12(6-10)20-3/h5-8,16H,4,9H2,1-3H3. The molecule has 0 amide bonds. The third kappa shape index (κ3) is 3.91. The number of carbonyl (C=O) groups excluding carboxylic acids is 1. The van der Waals surface area contributed by atoms with E-state index in [1.807, 2.05) is 12.1 Å². The van der Waals surface area contributed by atoms with Crippen molar-refractivity contribution in [3.8, 4) is 11.5 Å². The molecule has 1 heterocycles. The van der Waals surface area contributed by atoms with E-state index in [-0.39, 0.29) is 5.69 Å². The lowest BCUT2D eigenvalue weighted by atomic mass is 10.2. The van der Waals surface area contributed by atoms with Gasteiger partial charge in [-0.3, -0.25) is 0 Å². The van der Waals surface area contributed by atoms with Crippen LogP contribution in [0.2, 0.25) is 0 Å². The van der Waals surface area contributed by atoms with Gasteiger partial charge in [-0.15, -0.1) is 0 Å². The largest absolute Gasteiger partial charge is 0.497 e. The molecule has 7 nitrogen and oxygen atoms in total. The highest BCUT2D eigenvalue weighted by Gasteiger charge is 2.13. The highest BCUT2D eigenvalue weighted by atomic mass is 16.5. The lowest BCUT2D eigenvalue weighted by Gasteiger charge is -2.09. The van der Waals surface area contributed by atoms with Crippen LogP contribution >= 0.6 is 0 Å². The highest BCUT2D eigenvalue weighted by molar-refractivity contribution is 5.87. The second kappa shape index (κ2) is 7.35. The van der Waals surface area contributed by atoms with E-state index in [2.05, 4.69) is 10.5 Å². The number of benzene rings is 1. The zero-order chi connectivity index (χ0) is 15.9. The molecule has 1 N–H and O–H groups in total. The molecule has 2 rings (SSSR count). The van der Waals surface area contributed by atoms with Gasteiger partial charge in [0.1, 0.15) is 11.5 Å². The molecule has 0 saturated heterocycles. The predicted molar refractivity (Wildman–Crippen MR) is 79.3 cm³/mol. The smallest absolute Gasteiger partial charge is 0.360 e.